The molecule has 1 unspecified atom stereocenters. The standard InChI is InChI=1S/C12H19N3O/c1-2-4-10-7-13-12(14-8-10)15-6-3-5-11(15)9-16/h7-8,11,16H,2-6,9H2,1H3. The fraction of sp³-hybridized carbons (Fsp3) is 0.667. The SMILES string of the molecule is CCCc1cnc(N2CCCC2CO)nc1. The number of anilines is 1. The molecule has 0 amide bonds. The van der Waals surface area contributed by atoms with Gasteiger partial charge in [0.15, 0.2) is 0 Å². The van der Waals surface area contributed by atoms with Gasteiger partial charge in [-0.05, 0) is 24.8 Å². The third kappa shape index (κ3) is 2.32. The average molecular weight is 221 g/mol. The first-order valence-corrected chi connectivity index (χ1v) is 6.03. The molecule has 1 aliphatic heterocycles. The van der Waals surface area contributed by atoms with Crippen LogP contribution < -0.4 is 4.90 Å². The summed E-state index contributed by atoms with van der Waals surface area (Å²) in [4.78, 5) is 10.9. The van der Waals surface area contributed by atoms with Gasteiger partial charge in [-0.1, -0.05) is 13.3 Å². The summed E-state index contributed by atoms with van der Waals surface area (Å²) in [5.74, 6) is 0.761. The molecule has 1 N–H and O–H groups in total. The fourth-order valence-corrected chi connectivity index (χ4v) is 2.20. The first-order chi connectivity index (χ1) is 7.85. The van der Waals surface area contributed by atoms with Crippen molar-refractivity contribution in [2.24, 2.45) is 0 Å². The molecule has 88 valence electrons. The third-order valence-electron chi connectivity index (χ3n) is 3.08. The number of aliphatic hydroxyl groups excluding tert-OH is 1. The highest BCUT2D eigenvalue weighted by molar-refractivity contribution is 5.33. The Balaban J connectivity index is 2.08. The summed E-state index contributed by atoms with van der Waals surface area (Å²) in [6.45, 7) is 3.30. The summed E-state index contributed by atoms with van der Waals surface area (Å²) in [5.41, 5.74) is 1.19. The molecular weight excluding hydrogens is 202 g/mol. The Morgan fingerprint density at radius 1 is 1.44 bits per heavy atom. The topological polar surface area (TPSA) is 49.2 Å². The summed E-state index contributed by atoms with van der Waals surface area (Å²) >= 11 is 0. The number of aromatic nitrogens is 2. The third-order valence-corrected chi connectivity index (χ3v) is 3.08. The molecule has 0 bridgehead atoms. The van der Waals surface area contributed by atoms with E-state index in [0.717, 1.165) is 38.2 Å². The largest absolute Gasteiger partial charge is 0.394 e. The Morgan fingerprint density at radius 3 is 2.81 bits per heavy atom. The van der Waals surface area contributed by atoms with Gasteiger partial charge in [0.05, 0.1) is 12.6 Å². The van der Waals surface area contributed by atoms with Crippen LogP contribution >= 0.6 is 0 Å². The molecule has 1 aromatic heterocycles. The van der Waals surface area contributed by atoms with Crippen molar-refractivity contribution in [1.82, 2.24) is 9.97 Å². The predicted molar refractivity (Wildman–Crippen MR) is 63.5 cm³/mol. The lowest BCUT2D eigenvalue weighted by Gasteiger charge is -2.22. The van der Waals surface area contributed by atoms with Crippen molar-refractivity contribution in [3.63, 3.8) is 0 Å². The van der Waals surface area contributed by atoms with E-state index in [1.54, 1.807) is 0 Å². The lowest BCUT2D eigenvalue weighted by atomic mass is 10.2. The second-order valence-corrected chi connectivity index (χ2v) is 4.31. The molecule has 0 radical (unpaired) electrons. The summed E-state index contributed by atoms with van der Waals surface area (Å²) in [5, 5.41) is 9.24. The van der Waals surface area contributed by atoms with Crippen molar-refractivity contribution >= 4 is 5.95 Å². The van der Waals surface area contributed by atoms with Crippen LogP contribution in [0.2, 0.25) is 0 Å². The van der Waals surface area contributed by atoms with Gasteiger partial charge in [0.25, 0.3) is 0 Å². The molecule has 0 saturated carbocycles. The number of nitrogens with zero attached hydrogens (tertiary/aromatic N) is 3. The van der Waals surface area contributed by atoms with Gasteiger partial charge in [-0.25, -0.2) is 9.97 Å². The van der Waals surface area contributed by atoms with Gasteiger partial charge in [-0.15, -0.1) is 0 Å². The molecule has 1 aromatic rings. The summed E-state index contributed by atoms with van der Waals surface area (Å²) in [7, 11) is 0. The maximum absolute atomic E-state index is 9.24. The molecule has 1 fully saturated rings. The van der Waals surface area contributed by atoms with Crippen LogP contribution in [0.3, 0.4) is 0 Å². The van der Waals surface area contributed by atoms with Gasteiger partial charge in [-0.3, -0.25) is 0 Å². The Hall–Kier alpha value is -1.16. The van der Waals surface area contributed by atoms with E-state index < -0.39 is 0 Å². The van der Waals surface area contributed by atoms with Crippen LogP contribution in [0.4, 0.5) is 5.95 Å². The minimum atomic E-state index is 0.195. The molecule has 0 spiro atoms. The molecule has 4 heteroatoms. The van der Waals surface area contributed by atoms with Gasteiger partial charge >= 0.3 is 0 Å². The van der Waals surface area contributed by atoms with E-state index in [9.17, 15) is 5.11 Å². The molecule has 1 atom stereocenters. The summed E-state index contributed by atoms with van der Waals surface area (Å²) < 4.78 is 0. The van der Waals surface area contributed by atoms with E-state index in [1.807, 2.05) is 12.4 Å². The first kappa shape index (κ1) is 11.3. The van der Waals surface area contributed by atoms with Gasteiger partial charge < -0.3 is 10.0 Å². The molecule has 1 saturated heterocycles. The Morgan fingerprint density at radius 2 is 2.19 bits per heavy atom. The number of rotatable bonds is 4. The zero-order valence-electron chi connectivity index (χ0n) is 9.76. The Bertz CT molecular complexity index is 326. The van der Waals surface area contributed by atoms with E-state index >= 15 is 0 Å². The Kier molecular flexibility index (Phi) is 3.72. The molecule has 4 nitrogen and oxygen atoms in total. The maximum atomic E-state index is 9.24. The van der Waals surface area contributed by atoms with Crippen LogP contribution in [-0.4, -0.2) is 34.3 Å². The first-order valence-electron chi connectivity index (χ1n) is 6.03. The van der Waals surface area contributed by atoms with Crippen molar-refractivity contribution < 1.29 is 5.11 Å². The summed E-state index contributed by atoms with van der Waals surface area (Å²) in [6, 6.07) is 0.206. The quantitative estimate of drug-likeness (QED) is 0.834. The summed E-state index contributed by atoms with van der Waals surface area (Å²) in [6.07, 6.45) is 8.11. The van der Waals surface area contributed by atoms with E-state index in [-0.39, 0.29) is 12.6 Å². The van der Waals surface area contributed by atoms with Crippen molar-refractivity contribution in [3.05, 3.63) is 18.0 Å². The zero-order valence-corrected chi connectivity index (χ0v) is 9.76. The number of aliphatic hydroxyl groups is 1. The van der Waals surface area contributed by atoms with Gasteiger partial charge in [0.2, 0.25) is 5.95 Å². The van der Waals surface area contributed by atoms with Crippen molar-refractivity contribution in [2.45, 2.75) is 38.6 Å². The minimum absolute atomic E-state index is 0.195. The lowest BCUT2D eigenvalue weighted by molar-refractivity contribution is 0.265. The second kappa shape index (κ2) is 5.25. The average Bonchev–Trinajstić information content (AvgIpc) is 2.78. The highest BCUT2D eigenvalue weighted by Gasteiger charge is 2.25. The minimum Gasteiger partial charge on any atom is -0.394 e. The van der Waals surface area contributed by atoms with Crippen molar-refractivity contribution in [1.29, 1.82) is 0 Å². The van der Waals surface area contributed by atoms with Gasteiger partial charge in [0, 0.05) is 18.9 Å². The van der Waals surface area contributed by atoms with Crippen LogP contribution in [0, 0.1) is 0 Å². The van der Waals surface area contributed by atoms with Crippen molar-refractivity contribution in [2.75, 3.05) is 18.1 Å². The van der Waals surface area contributed by atoms with Crippen LogP contribution in [0.25, 0.3) is 0 Å². The molecule has 0 aromatic carbocycles. The molecule has 2 heterocycles. The molecular formula is C12H19N3O. The smallest absolute Gasteiger partial charge is 0.225 e. The van der Waals surface area contributed by atoms with E-state index in [4.69, 9.17) is 0 Å². The number of hydrogen-bond acceptors (Lipinski definition) is 4. The Labute approximate surface area is 96.3 Å². The fourth-order valence-electron chi connectivity index (χ4n) is 2.20. The van der Waals surface area contributed by atoms with Crippen LogP contribution in [-0.2, 0) is 6.42 Å². The number of aryl methyl sites for hydroxylation is 1. The van der Waals surface area contributed by atoms with Crippen LogP contribution in [0.5, 0.6) is 0 Å². The van der Waals surface area contributed by atoms with Crippen molar-refractivity contribution in [3.8, 4) is 0 Å². The highest BCUT2D eigenvalue weighted by atomic mass is 16.3. The molecule has 16 heavy (non-hydrogen) atoms. The normalized spacial score (nSPS) is 20.4. The van der Waals surface area contributed by atoms with E-state index in [1.165, 1.54) is 5.56 Å². The second-order valence-electron chi connectivity index (χ2n) is 4.31. The van der Waals surface area contributed by atoms with E-state index in [2.05, 4.69) is 21.8 Å². The highest BCUT2D eigenvalue weighted by Crippen LogP contribution is 2.21. The number of hydrogen-bond donors (Lipinski definition) is 1. The van der Waals surface area contributed by atoms with Crippen LogP contribution in [0.1, 0.15) is 31.7 Å². The molecule has 1 aliphatic rings. The predicted octanol–water partition coefficient (Wildman–Crippen LogP) is 1.39. The monoisotopic (exact) mass is 221 g/mol. The van der Waals surface area contributed by atoms with Gasteiger partial charge in [0.1, 0.15) is 0 Å². The van der Waals surface area contributed by atoms with E-state index in [0.29, 0.717) is 0 Å². The van der Waals surface area contributed by atoms with Crippen LogP contribution in [0.15, 0.2) is 12.4 Å². The molecule has 2 rings (SSSR count). The maximum Gasteiger partial charge on any atom is 0.225 e. The molecule has 0 aliphatic carbocycles. The lowest BCUT2D eigenvalue weighted by Crippen LogP contribution is -2.33. The van der Waals surface area contributed by atoms with Gasteiger partial charge in [-0.2, -0.15) is 0 Å². The zero-order chi connectivity index (χ0) is 11.4.